The molecule has 0 N–H and O–H groups in total. The Morgan fingerprint density at radius 2 is 1.84 bits per heavy atom. The molecule has 0 amide bonds. The highest BCUT2D eigenvalue weighted by Gasteiger charge is 2.23. The molecule has 1 unspecified atom stereocenters. The Kier molecular flexibility index (Phi) is 6.03. The first kappa shape index (κ1) is 14.7. The number of ether oxygens (including phenoxy) is 1. The largest absolute Gasteiger partial charge is 0.496 e. The van der Waals surface area contributed by atoms with Crippen molar-refractivity contribution in [3.63, 3.8) is 0 Å². The van der Waals surface area contributed by atoms with Crippen LogP contribution >= 0.6 is 11.6 Å². The molecular formula is C17H25ClO. The van der Waals surface area contributed by atoms with Crippen LogP contribution in [0, 0.1) is 11.8 Å². The van der Waals surface area contributed by atoms with Gasteiger partial charge in [0.15, 0.2) is 0 Å². The van der Waals surface area contributed by atoms with Crippen molar-refractivity contribution < 1.29 is 4.74 Å². The lowest BCUT2D eigenvalue weighted by Crippen LogP contribution is -2.19. The molecule has 1 fully saturated rings. The third-order valence-electron chi connectivity index (χ3n) is 4.44. The van der Waals surface area contributed by atoms with Crippen LogP contribution in [0.3, 0.4) is 0 Å². The Labute approximate surface area is 122 Å². The first-order valence-electron chi connectivity index (χ1n) is 7.53. The monoisotopic (exact) mass is 280 g/mol. The van der Waals surface area contributed by atoms with Gasteiger partial charge >= 0.3 is 0 Å². The predicted octanol–water partition coefficient (Wildman–Crippen LogP) is 5.06. The molecule has 19 heavy (non-hydrogen) atoms. The van der Waals surface area contributed by atoms with E-state index in [1.807, 2.05) is 12.1 Å². The molecule has 1 atom stereocenters. The van der Waals surface area contributed by atoms with E-state index >= 15 is 0 Å². The maximum Gasteiger partial charge on any atom is 0.122 e. The highest BCUT2D eigenvalue weighted by molar-refractivity contribution is 6.18. The summed E-state index contributed by atoms with van der Waals surface area (Å²) in [6.07, 6.45) is 9.32. The minimum absolute atomic E-state index is 0.594. The standard InChI is InChI=1S/C17H25ClO/c1-19-17-11-7-6-10-15(17)12-16(13-18)14-8-4-2-3-5-9-14/h6-7,10-11,14,16H,2-5,8-9,12-13H2,1H3. The topological polar surface area (TPSA) is 9.23 Å². The van der Waals surface area contributed by atoms with Crippen molar-refractivity contribution in [2.75, 3.05) is 13.0 Å². The molecule has 0 heterocycles. The van der Waals surface area contributed by atoms with Crippen LogP contribution < -0.4 is 4.74 Å². The number of hydrogen-bond acceptors (Lipinski definition) is 1. The van der Waals surface area contributed by atoms with Gasteiger partial charge in [0.1, 0.15) is 5.75 Å². The molecule has 0 aromatic heterocycles. The summed E-state index contributed by atoms with van der Waals surface area (Å²) in [5.41, 5.74) is 1.31. The van der Waals surface area contributed by atoms with Gasteiger partial charge in [-0.25, -0.2) is 0 Å². The van der Waals surface area contributed by atoms with E-state index in [9.17, 15) is 0 Å². The third-order valence-corrected chi connectivity index (χ3v) is 4.84. The second kappa shape index (κ2) is 7.79. The molecule has 106 valence electrons. The quantitative estimate of drug-likeness (QED) is 0.541. The highest BCUT2D eigenvalue weighted by Crippen LogP contribution is 2.33. The Morgan fingerprint density at radius 1 is 1.16 bits per heavy atom. The lowest BCUT2D eigenvalue weighted by atomic mass is 9.83. The van der Waals surface area contributed by atoms with Crippen LogP contribution in [0.1, 0.15) is 44.1 Å². The fourth-order valence-corrected chi connectivity index (χ4v) is 3.64. The normalized spacial score (nSPS) is 18.8. The number of hydrogen-bond donors (Lipinski definition) is 0. The summed E-state index contributed by atoms with van der Waals surface area (Å²) in [7, 11) is 1.75. The van der Waals surface area contributed by atoms with Gasteiger partial charge in [-0.3, -0.25) is 0 Å². The number of para-hydroxylation sites is 1. The Morgan fingerprint density at radius 3 is 2.47 bits per heavy atom. The molecule has 1 nitrogen and oxygen atoms in total. The minimum atomic E-state index is 0.594. The van der Waals surface area contributed by atoms with Gasteiger partial charge in [0.2, 0.25) is 0 Å². The Bertz CT molecular complexity index is 369. The molecule has 0 aliphatic heterocycles. The summed E-state index contributed by atoms with van der Waals surface area (Å²) in [6.45, 7) is 0. The summed E-state index contributed by atoms with van der Waals surface area (Å²) in [5, 5.41) is 0. The van der Waals surface area contributed by atoms with Crippen LogP contribution in [-0.4, -0.2) is 13.0 Å². The molecule has 0 spiro atoms. The van der Waals surface area contributed by atoms with Crippen molar-refractivity contribution >= 4 is 11.6 Å². The Hall–Kier alpha value is -0.690. The van der Waals surface area contributed by atoms with Crippen LogP contribution in [0.15, 0.2) is 24.3 Å². The molecule has 0 saturated heterocycles. The number of benzene rings is 1. The molecular weight excluding hydrogens is 256 g/mol. The van der Waals surface area contributed by atoms with Crippen molar-refractivity contribution in [2.45, 2.75) is 44.9 Å². The second-order valence-corrected chi connectivity index (χ2v) is 5.99. The molecule has 1 aromatic rings. The lowest BCUT2D eigenvalue weighted by Gasteiger charge is -2.25. The third kappa shape index (κ3) is 4.14. The van der Waals surface area contributed by atoms with Crippen LogP contribution in [-0.2, 0) is 6.42 Å². The smallest absolute Gasteiger partial charge is 0.122 e. The van der Waals surface area contributed by atoms with E-state index in [0.29, 0.717) is 5.92 Å². The average molecular weight is 281 g/mol. The zero-order chi connectivity index (χ0) is 13.5. The zero-order valence-corrected chi connectivity index (χ0v) is 12.7. The predicted molar refractivity (Wildman–Crippen MR) is 82.1 cm³/mol. The molecule has 1 aliphatic carbocycles. The summed E-state index contributed by atoms with van der Waals surface area (Å²) in [4.78, 5) is 0. The molecule has 2 rings (SSSR count). The number of halogens is 1. The van der Waals surface area contributed by atoms with Crippen molar-refractivity contribution in [1.82, 2.24) is 0 Å². The fraction of sp³-hybridized carbons (Fsp3) is 0.647. The van der Waals surface area contributed by atoms with Crippen LogP contribution in [0.4, 0.5) is 0 Å². The van der Waals surface area contributed by atoms with Gasteiger partial charge in [-0.15, -0.1) is 11.6 Å². The molecule has 0 bridgehead atoms. The average Bonchev–Trinajstić information content (AvgIpc) is 2.74. The first-order valence-corrected chi connectivity index (χ1v) is 8.06. The molecule has 2 heteroatoms. The second-order valence-electron chi connectivity index (χ2n) is 5.68. The van der Waals surface area contributed by atoms with Gasteiger partial charge in [-0.05, 0) is 29.9 Å². The van der Waals surface area contributed by atoms with E-state index in [-0.39, 0.29) is 0 Å². The van der Waals surface area contributed by atoms with E-state index in [0.717, 1.165) is 24.0 Å². The van der Waals surface area contributed by atoms with Crippen molar-refractivity contribution in [3.05, 3.63) is 29.8 Å². The van der Waals surface area contributed by atoms with E-state index in [1.165, 1.54) is 44.1 Å². The number of rotatable bonds is 5. The first-order chi connectivity index (χ1) is 9.35. The van der Waals surface area contributed by atoms with Crippen molar-refractivity contribution in [2.24, 2.45) is 11.8 Å². The molecule has 1 saturated carbocycles. The summed E-state index contributed by atoms with van der Waals surface area (Å²) in [5.74, 6) is 3.16. The summed E-state index contributed by atoms with van der Waals surface area (Å²) >= 11 is 6.26. The fourth-order valence-electron chi connectivity index (χ4n) is 3.28. The van der Waals surface area contributed by atoms with Gasteiger partial charge in [0, 0.05) is 5.88 Å². The van der Waals surface area contributed by atoms with Gasteiger partial charge in [0.05, 0.1) is 7.11 Å². The van der Waals surface area contributed by atoms with Gasteiger partial charge < -0.3 is 4.74 Å². The van der Waals surface area contributed by atoms with Crippen LogP contribution in [0.5, 0.6) is 5.75 Å². The van der Waals surface area contributed by atoms with Crippen molar-refractivity contribution in [1.29, 1.82) is 0 Å². The number of methoxy groups -OCH3 is 1. The van der Waals surface area contributed by atoms with Crippen molar-refractivity contribution in [3.8, 4) is 5.75 Å². The van der Waals surface area contributed by atoms with E-state index < -0.39 is 0 Å². The molecule has 1 aromatic carbocycles. The summed E-state index contributed by atoms with van der Waals surface area (Å²) < 4.78 is 5.46. The highest BCUT2D eigenvalue weighted by atomic mass is 35.5. The number of alkyl halides is 1. The summed E-state index contributed by atoms with van der Waals surface area (Å²) in [6, 6.07) is 8.35. The zero-order valence-electron chi connectivity index (χ0n) is 11.9. The lowest BCUT2D eigenvalue weighted by molar-refractivity contribution is 0.317. The molecule has 0 radical (unpaired) electrons. The van der Waals surface area contributed by atoms with E-state index in [2.05, 4.69) is 12.1 Å². The SMILES string of the molecule is COc1ccccc1CC(CCl)C1CCCCCC1. The van der Waals surface area contributed by atoms with Gasteiger partial charge in [-0.1, -0.05) is 56.7 Å². The molecule has 1 aliphatic rings. The maximum atomic E-state index is 6.26. The van der Waals surface area contributed by atoms with Crippen LogP contribution in [0.2, 0.25) is 0 Å². The van der Waals surface area contributed by atoms with Gasteiger partial charge in [0.25, 0.3) is 0 Å². The van der Waals surface area contributed by atoms with Crippen LogP contribution in [0.25, 0.3) is 0 Å². The van der Waals surface area contributed by atoms with E-state index in [4.69, 9.17) is 16.3 Å². The van der Waals surface area contributed by atoms with E-state index in [1.54, 1.807) is 7.11 Å². The maximum absolute atomic E-state index is 6.26. The van der Waals surface area contributed by atoms with Gasteiger partial charge in [-0.2, -0.15) is 0 Å². The minimum Gasteiger partial charge on any atom is -0.496 e. The Balaban J connectivity index is 2.05.